The summed E-state index contributed by atoms with van der Waals surface area (Å²) in [7, 11) is 4.23. The summed E-state index contributed by atoms with van der Waals surface area (Å²) in [5, 5.41) is 7.34. The van der Waals surface area contributed by atoms with Crippen molar-refractivity contribution in [1.82, 2.24) is 20.0 Å². The highest BCUT2D eigenvalue weighted by Crippen LogP contribution is 2.32. The van der Waals surface area contributed by atoms with Crippen molar-refractivity contribution in [1.29, 1.82) is 0 Å². The average Bonchev–Trinajstić information content (AvgIpc) is 2.91. The SMILES string of the molecule is C[C@@H]1Cc2c(C(=O)N3CCC(C)(N(C)C)CC3)n[nH]c2[C@H](C)O1. The van der Waals surface area contributed by atoms with Crippen LogP contribution >= 0.6 is 0 Å². The third-order valence-electron chi connectivity index (χ3n) is 5.64. The van der Waals surface area contributed by atoms with Gasteiger partial charge in [0.25, 0.3) is 5.91 Å². The van der Waals surface area contributed by atoms with Crippen molar-refractivity contribution >= 4 is 5.91 Å². The molecule has 1 saturated heterocycles. The lowest BCUT2D eigenvalue weighted by Crippen LogP contribution is -2.52. The molecule has 0 spiro atoms. The normalized spacial score (nSPS) is 27.1. The van der Waals surface area contributed by atoms with Crippen LogP contribution < -0.4 is 0 Å². The van der Waals surface area contributed by atoms with E-state index in [0.29, 0.717) is 5.69 Å². The Bertz CT molecular complexity index is 587. The number of carbonyl (C=O) groups is 1. The van der Waals surface area contributed by atoms with Gasteiger partial charge >= 0.3 is 0 Å². The number of rotatable bonds is 2. The molecule has 2 atom stereocenters. The lowest BCUT2D eigenvalue weighted by Gasteiger charge is -2.43. The molecule has 0 radical (unpaired) electrons. The number of nitrogens with zero attached hydrogens (tertiary/aromatic N) is 3. The lowest BCUT2D eigenvalue weighted by molar-refractivity contribution is -0.00705. The number of ether oxygens (including phenoxy) is 1. The zero-order chi connectivity index (χ0) is 16.8. The summed E-state index contributed by atoms with van der Waals surface area (Å²) in [5.74, 6) is 0.0598. The summed E-state index contributed by atoms with van der Waals surface area (Å²) in [6.45, 7) is 7.90. The Morgan fingerprint density at radius 1 is 1.35 bits per heavy atom. The number of amides is 1. The van der Waals surface area contributed by atoms with Gasteiger partial charge in [0.1, 0.15) is 0 Å². The first-order valence-corrected chi connectivity index (χ1v) is 8.51. The number of likely N-dealkylation sites (tertiary alicyclic amines) is 1. The Kier molecular flexibility index (Phi) is 4.23. The number of hydrogen-bond acceptors (Lipinski definition) is 4. The molecule has 0 bridgehead atoms. The largest absolute Gasteiger partial charge is 0.369 e. The van der Waals surface area contributed by atoms with Crippen LogP contribution in [0.15, 0.2) is 0 Å². The molecule has 1 N–H and O–H groups in total. The molecular formula is C17H28N4O2. The van der Waals surface area contributed by atoms with Crippen molar-refractivity contribution in [3.63, 3.8) is 0 Å². The minimum absolute atomic E-state index is 0.0267. The summed E-state index contributed by atoms with van der Waals surface area (Å²) >= 11 is 0. The Hall–Kier alpha value is -1.40. The van der Waals surface area contributed by atoms with E-state index in [4.69, 9.17) is 4.74 Å². The van der Waals surface area contributed by atoms with Crippen LogP contribution in [0.2, 0.25) is 0 Å². The van der Waals surface area contributed by atoms with Crippen LogP contribution in [0.5, 0.6) is 0 Å². The number of nitrogens with one attached hydrogen (secondary N) is 1. The molecule has 2 aliphatic rings. The fourth-order valence-electron chi connectivity index (χ4n) is 3.64. The summed E-state index contributed by atoms with van der Waals surface area (Å²) in [4.78, 5) is 17.1. The monoisotopic (exact) mass is 320 g/mol. The number of fused-ring (bicyclic) bond motifs is 1. The second-order valence-corrected chi connectivity index (χ2v) is 7.44. The molecule has 0 saturated carbocycles. The maximum Gasteiger partial charge on any atom is 0.274 e. The van der Waals surface area contributed by atoms with Crippen LogP contribution in [0, 0.1) is 0 Å². The van der Waals surface area contributed by atoms with Crippen molar-refractivity contribution in [2.45, 2.75) is 57.8 Å². The van der Waals surface area contributed by atoms with E-state index in [1.807, 2.05) is 18.7 Å². The number of H-pyrrole nitrogens is 1. The standard InChI is InChI=1S/C17H28N4O2/c1-11-10-13-14(12(2)23-11)18-19-15(13)16(22)21-8-6-17(3,7-9-21)20(4)5/h11-12H,6-10H2,1-5H3,(H,18,19)/t11-,12+/m1/s1. The van der Waals surface area contributed by atoms with Gasteiger partial charge in [-0.05, 0) is 47.7 Å². The smallest absolute Gasteiger partial charge is 0.274 e. The molecule has 3 rings (SSSR count). The quantitative estimate of drug-likeness (QED) is 0.905. The predicted octanol–water partition coefficient (Wildman–Crippen LogP) is 1.99. The van der Waals surface area contributed by atoms with Gasteiger partial charge in [-0.25, -0.2) is 0 Å². The van der Waals surface area contributed by atoms with Gasteiger partial charge in [0.2, 0.25) is 0 Å². The number of aromatic nitrogens is 2. The number of hydrogen-bond donors (Lipinski definition) is 1. The fourth-order valence-corrected chi connectivity index (χ4v) is 3.64. The van der Waals surface area contributed by atoms with Crippen LogP contribution in [0.1, 0.15) is 61.5 Å². The number of carbonyl (C=O) groups excluding carboxylic acids is 1. The van der Waals surface area contributed by atoms with Crippen LogP contribution in [0.25, 0.3) is 0 Å². The molecule has 2 aliphatic heterocycles. The molecular weight excluding hydrogens is 292 g/mol. The number of aromatic amines is 1. The molecule has 1 amide bonds. The molecule has 0 aromatic carbocycles. The predicted molar refractivity (Wildman–Crippen MR) is 88.5 cm³/mol. The van der Waals surface area contributed by atoms with E-state index in [2.05, 4.69) is 36.1 Å². The summed E-state index contributed by atoms with van der Waals surface area (Å²) in [5.41, 5.74) is 2.78. The van der Waals surface area contributed by atoms with E-state index in [1.165, 1.54) is 0 Å². The Balaban J connectivity index is 1.76. The van der Waals surface area contributed by atoms with E-state index >= 15 is 0 Å². The van der Waals surface area contributed by atoms with Crippen molar-refractivity contribution in [2.75, 3.05) is 27.2 Å². The van der Waals surface area contributed by atoms with E-state index in [-0.39, 0.29) is 23.7 Å². The van der Waals surface area contributed by atoms with Gasteiger partial charge in [-0.2, -0.15) is 5.10 Å². The second kappa shape index (κ2) is 5.91. The highest BCUT2D eigenvalue weighted by Gasteiger charge is 2.36. The van der Waals surface area contributed by atoms with Crippen LogP contribution in [-0.4, -0.2) is 64.7 Å². The lowest BCUT2D eigenvalue weighted by atomic mass is 9.88. The first kappa shape index (κ1) is 16.5. The van der Waals surface area contributed by atoms with Crippen LogP contribution in [0.3, 0.4) is 0 Å². The van der Waals surface area contributed by atoms with Gasteiger partial charge in [-0.3, -0.25) is 9.89 Å². The zero-order valence-electron chi connectivity index (χ0n) is 14.8. The van der Waals surface area contributed by atoms with E-state index < -0.39 is 0 Å². The fraction of sp³-hybridized carbons (Fsp3) is 0.765. The van der Waals surface area contributed by atoms with Gasteiger partial charge in [0, 0.05) is 30.6 Å². The van der Waals surface area contributed by atoms with Crippen molar-refractivity contribution in [3.05, 3.63) is 17.0 Å². The van der Waals surface area contributed by atoms with Crippen LogP contribution in [-0.2, 0) is 11.2 Å². The second-order valence-electron chi connectivity index (χ2n) is 7.44. The van der Waals surface area contributed by atoms with E-state index in [0.717, 1.165) is 43.6 Å². The highest BCUT2D eigenvalue weighted by molar-refractivity contribution is 5.94. The highest BCUT2D eigenvalue weighted by atomic mass is 16.5. The molecule has 6 nitrogen and oxygen atoms in total. The molecule has 3 heterocycles. The molecule has 0 aliphatic carbocycles. The molecule has 0 unspecified atom stereocenters. The first-order chi connectivity index (χ1) is 10.8. The Labute approximate surface area is 138 Å². The minimum atomic E-state index is -0.0267. The molecule has 1 aromatic heterocycles. The van der Waals surface area contributed by atoms with Gasteiger partial charge in [-0.1, -0.05) is 0 Å². The van der Waals surface area contributed by atoms with E-state index in [1.54, 1.807) is 0 Å². The molecule has 23 heavy (non-hydrogen) atoms. The van der Waals surface area contributed by atoms with Gasteiger partial charge in [0.05, 0.1) is 17.9 Å². The van der Waals surface area contributed by atoms with Crippen molar-refractivity contribution < 1.29 is 9.53 Å². The van der Waals surface area contributed by atoms with Crippen LogP contribution in [0.4, 0.5) is 0 Å². The Morgan fingerprint density at radius 2 is 2.00 bits per heavy atom. The van der Waals surface area contributed by atoms with Gasteiger partial charge in [0.15, 0.2) is 5.69 Å². The van der Waals surface area contributed by atoms with Gasteiger partial charge in [-0.15, -0.1) is 0 Å². The average molecular weight is 320 g/mol. The molecule has 128 valence electrons. The maximum atomic E-state index is 12.9. The third kappa shape index (κ3) is 2.90. The zero-order valence-corrected chi connectivity index (χ0v) is 14.8. The summed E-state index contributed by atoms with van der Waals surface area (Å²) in [6, 6.07) is 0. The van der Waals surface area contributed by atoms with E-state index in [9.17, 15) is 4.79 Å². The molecule has 6 heteroatoms. The van der Waals surface area contributed by atoms with Gasteiger partial charge < -0.3 is 14.5 Å². The van der Waals surface area contributed by atoms with Crippen molar-refractivity contribution in [3.8, 4) is 0 Å². The summed E-state index contributed by atoms with van der Waals surface area (Å²) in [6.07, 6.45) is 2.84. The van der Waals surface area contributed by atoms with Crippen molar-refractivity contribution in [2.24, 2.45) is 0 Å². The third-order valence-corrected chi connectivity index (χ3v) is 5.64. The molecule has 1 aromatic rings. The Morgan fingerprint density at radius 3 is 2.61 bits per heavy atom. The summed E-state index contributed by atoms with van der Waals surface area (Å²) < 4.78 is 5.80. The maximum absolute atomic E-state index is 12.9. The minimum Gasteiger partial charge on any atom is -0.369 e. The number of piperidine rings is 1. The molecule has 1 fully saturated rings. The first-order valence-electron chi connectivity index (χ1n) is 8.51. The topological polar surface area (TPSA) is 61.5 Å².